The minimum atomic E-state index is -0.282. The molecule has 3 rings (SSSR count). The molecular weight excluding hydrogens is 286 g/mol. The summed E-state index contributed by atoms with van der Waals surface area (Å²) < 4.78 is 0. The number of rotatable bonds is 1. The van der Waals surface area contributed by atoms with Crippen molar-refractivity contribution in [3.63, 3.8) is 0 Å². The van der Waals surface area contributed by atoms with Crippen molar-refractivity contribution in [3.8, 4) is 11.5 Å². The van der Waals surface area contributed by atoms with Crippen LogP contribution in [0.3, 0.4) is 0 Å². The first-order chi connectivity index (χ1) is 9.84. The Hall–Kier alpha value is -2.21. The standard InChI is InChI=1S/C15H15N3O2S/c1-15(2,3)10-7-8-13(20)17-12(18-14(8)21-10)9-5-4-6-11(19)16-9/h4-7H,1-3H3,(H,16,19)(H,17,18,20). The molecule has 0 unspecified atom stereocenters. The molecule has 0 amide bonds. The normalized spacial score (nSPS) is 12.0. The van der Waals surface area contributed by atoms with Gasteiger partial charge in [-0.3, -0.25) is 9.59 Å². The summed E-state index contributed by atoms with van der Waals surface area (Å²) in [6, 6.07) is 6.66. The lowest BCUT2D eigenvalue weighted by Crippen LogP contribution is -2.11. The van der Waals surface area contributed by atoms with E-state index in [1.54, 1.807) is 23.5 Å². The summed E-state index contributed by atoms with van der Waals surface area (Å²) in [6.07, 6.45) is 0. The third-order valence-corrected chi connectivity index (χ3v) is 4.65. The molecule has 0 saturated heterocycles. The second kappa shape index (κ2) is 4.66. The van der Waals surface area contributed by atoms with E-state index in [1.165, 1.54) is 6.07 Å². The van der Waals surface area contributed by atoms with Crippen molar-refractivity contribution in [1.29, 1.82) is 0 Å². The van der Waals surface area contributed by atoms with E-state index in [4.69, 9.17) is 0 Å². The van der Waals surface area contributed by atoms with Crippen LogP contribution in [0.5, 0.6) is 0 Å². The zero-order valence-electron chi connectivity index (χ0n) is 12.0. The van der Waals surface area contributed by atoms with Crippen LogP contribution < -0.4 is 11.1 Å². The van der Waals surface area contributed by atoms with Gasteiger partial charge in [-0.15, -0.1) is 11.3 Å². The monoisotopic (exact) mass is 301 g/mol. The Morgan fingerprint density at radius 2 is 1.90 bits per heavy atom. The summed E-state index contributed by atoms with van der Waals surface area (Å²) >= 11 is 1.54. The number of nitrogens with zero attached hydrogens (tertiary/aromatic N) is 1. The highest BCUT2D eigenvalue weighted by molar-refractivity contribution is 7.18. The molecule has 0 aliphatic carbocycles. The van der Waals surface area contributed by atoms with E-state index in [0.717, 1.165) is 9.71 Å². The van der Waals surface area contributed by atoms with Gasteiger partial charge in [-0.05, 0) is 17.5 Å². The maximum Gasteiger partial charge on any atom is 0.282 e. The lowest BCUT2D eigenvalue weighted by Gasteiger charge is -2.14. The predicted molar refractivity (Wildman–Crippen MR) is 85.0 cm³/mol. The molecule has 3 aromatic rings. The second-order valence-electron chi connectivity index (χ2n) is 5.92. The maximum absolute atomic E-state index is 12.2. The van der Waals surface area contributed by atoms with Gasteiger partial charge in [-0.25, -0.2) is 0 Å². The van der Waals surface area contributed by atoms with Crippen LogP contribution in [0, 0.1) is 0 Å². The average molecular weight is 301 g/mol. The molecule has 21 heavy (non-hydrogen) atoms. The Labute approximate surface area is 124 Å². The van der Waals surface area contributed by atoms with E-state index in [0.29, 0.717) is 16.9 Å². The average Bonchev–Trinajstić information content (AvgIpc) is 2.83. The molecule has 2 N–H and O–H groups in total. The molecule has 0 aliphatic heterocycles. The molecule has 0 atom stereocenters. The highest BCUT2D eigenvalue weighted by atomic mass is 32.1. The van der Waals surface area contributed by atoms with E-state index in [9.17, 15) is 9.59 Å². The van der Waals surface area contributed by atoms with Crippen molar-refractivity contribution < 1.29 is 0 Å². The lowest BCUT2D eigenvalue weighted by molar-refractivity contribution is 0.604. The van der Waals surface area contributed by atoms with Gasteiger partial charge in [0.15, 0.2) is 5.82 Å². The molecule has 0 spiro atoms. The summed E-state index contributed by atoms with van der Waals surface area (Å²) in [5.41, 5.74) is -0.0234. The first-order valence-corrected chi connectivity index (χ1v) is 7.40. The fraction of sp³-hybridized carbons (Fsp3) is 0.267. The quantitative estimate of drug-likeness (QED) is 0.725. The number of aromatic nitrogens is 3. The van der Waals surface area contributed by atoms with E-state index in [2.05, 4.69) is 35.7 Å². The number of pyridine rings is 1. The van der Waals surface area contributed by atoms with Gasteiger partial charge >= 0.3 is 0 Å². The topological polar surface area (TPSA) is 78.6 Å². The number of thiophene rings is 1. The van der Waals surface area contributed by atoms with E-state index >= 15 is 0 Å². The second-order valence-corrected chi connectivity index (χ2v) is 6.97. The van der Waals surface area contributed by atoms with Gasteiger partial charge < -0.3 is 9.97 Å². The van der Waals surface area contributed by atoms with Crippen molar-refractivity contribution in [2.75, 3.05) is 0 Å². The summed E-state index contributed by atoms with van der Waals surface area (Å²) in [5.74, 6) is 0.382. The minimum absolute atomic E-state index is 0.0226. The van der Waals surface area contributed by atoms with Crippen molar-refractivity contribution in [3.05, 3.63) is 49.9 Å². The molecule has 5 nitrogen and oxygen atoms in total. The van der Waals surface area contributed by atoms with Crippen LogP contribution in [0.2, 0.25) is 0 Å². The van der Waals surface area contributed by atoms with Crippen LogP contribution in [0.4, 0.5) is 0 Å². The van der Waals surface area contributed by atoms with Crippen molar-refractivity contribution in [2.45, 2.75) is 26.2 Å². The molecular formula is C15H15N3O2S. The number of hydrogen-bond donors (Lipinski definition) is 2. The Balaban J connectivity index is 2.24. The SMILES string of the molecule is CC(C)(C)c1cc2c(=O)nc(-c3cccc(=O)[nH]3)[nH]c2s1. The summed E-state index contributed by atoms with van der Waals surface area (Å²) in [5, 5.41) is 0.590. The Bertz CT molecular complexity index is 928. The van der Waals surface area contributed by atoms with Crippen LogP contribution >= 0.6 is 11.3 Å². The van der Waals surface area contributed by atoms with Crippen LogP contribution in [0.25, 0.3) is 21.7 Å². The van der Waals surface area contributed by atoms with Crippen LogP contribution in [0.1, 0.15) is 25.6 Å². The van der Waals surface area contributed by atoms with Crippen LogP contribution in [0.15, 0.2) is 33.9 Å². The van der Waals surface area contributed by atoms with Gasteiger partial charge in [-0.2, -0.15) is 4.98 Å². The van der Waals surface area contributed by atoms with Crippen molar-refractivity contribution in [2.24, 2.45) is 0 Å². The molecule has 3 heterocycles. The largest absolute Gasteiger partial charge is 0.329 e. The molecule has 6 heteroatoms. The fourth-order valence-corrected chi connectivity index (χ4v) is 3.13. The van der Waals surface area contributed by atoms with Gasteiger partial charge in [0.05, 0.1) is 11.1 Å². The van der Waals surface area contributed by atoms with Gasteiger partial charge in [0.1, 0.15) is 4.83 Å². The molecule has 0 aliphatic rings. The van der Waals surface area contributed by atoms with E-state index in [-0.39, 0.29) is 16.5 Å². The molecule has 3 aromatic heterocycles. The third kappa shape index (κ3) is 2.54. The van der Waals surface area contributed by atoms with Gasteiger partial charge in [0, 0.05) is 10.9 Å². The number of aromatic amines is 2. The predicted octanol–water partition coefficient (Wildman–Crippen LogP) is 2.64. The Morgan fingerprint density at radius 1 is 1.14 bits per heavy atom. The molecule has 0 bridgehead atoms. The van der Waals surface area contributed by atoms with Crippen LogP contribution in [-0.2, 0) is 5.41 Å². The molecule has 108 valence electrons. The summed E-state index contributed by atoms with van der Waals surface area (Å²) in [4.78, 5) is 35.3. The smallest absolute Gasteiger partial charge is 0.282 e. The Morgan fingerprint density at radius 3 is 2.57 bits per heavy atom. The van der Waals surface area contributed by atoms with Crippen molar-refractivity contribution in [1.82, 2.24) is 15.0 Å². The maximum atomic E-state index is 12.2. The van der Waals surface area contributed by atoms with Gasteiger partial charge in [0.2, 0.25) is 5.56 Å². The zero-order valence-corrected chi connectivity index (χ0v) is 12.8. The third-order valence-electron chi connectivity index (χ3n) is 3.17. The first kappa shape index (κ1) is 13.8. The van der Waals surface area contributed by atoms with E-state index < -0.39 is 0 Å². The van der Waals surface area contributed by atoms with Crippen molar-refractivity contribution >= 4 is 21.6 Å². The highest BCUT2D eigenvalue weighted by Gasteiger charge is 2.19. The summed E-state index contributed by atoms with van der Waals surface area (Å²) in [7, 11) is 0. The fourth-order valence-electron chi connectivity index (χ4n) is 2.02. The van der Waals surface area contributed by atoms with E-state index in [1.807, 2.05) is 6.07 Å². The number of nitrogens with one attached hydrogen (secondary N) is 2. The minimum Gasteiger partial charge on any atom is -0.329 e. The number of hydrogen-bond acceptors (Lipinski definition) is 4. The molecule has 0 radical (unpaired) electrons. The van der Waals surface area contributed by atoms with Crippen LogP contribution in [-0.4, -0.2) is 15.0 Å². The van der Waals surface area contributed by atoms with Gasteiger partial charge in [-0.1, -0.05) is 26.8 Å². The number of H-pyrrole nitrogens is 2. The number of fused-ring (bicyclic) bond motifs is 1. The molecule has 0 aromatic carbocycles. The first-order valence-electron chi connectivity index (χ1n) is 6.59. The summed E-state index contributed by atoms with van der Waals surface area (Å²) in [6.45, 7) is 6.31. The molecule has 0 fully saturated rings. The van der Waals surface area contributed by atoms with Gasteiger partial charge in [0.25, 0.3) is 5.56 Å². The Kier molecular flexibility index (Phi) is 3.06. The molecule has 0 saturated carbocycles. The lowest BCUT2D eigenvalue weighted by atomic mass is 9.94. The highest BCUT2D eigenvalue weighted by Crippen LogP contribution is 2.32. The zero-order chi connectivity index (χ0) is 15.2.